The maximum Gasteiger partial charge on any atom is 0.149 e. The van der Waals surface area contributed by atoms with E-state index in [1.54, 1.807) is 0 Å². The van der Waals surface area contributed by atoms with Gasteiger partial charge < -0.3 is 10.5 Å². The summed E-state index contributed by atoms with van der Waals surface area (Å²) in [5.74, 6) is 0.161. The van der Waals surface area contributed by atoms with Crippen LogP contribution in [-0.2, 0) is 9.59 Å². The van der Waals surface area contributed by atoms with Crippen LogP contribution in [0.2, 0.25) is 0 Å². The molecule has 0 rings (SSSR count). The van der Waals surface area contributed by atoms with Gasteiger partial charge in [0, 0.05) is 12.8 Å². The van der Waals surface area contributed by atoms with Crippen LogP contribution in [0.3, 0.4) is 0 Å². The zero-order chi connectivity index (χ0) is 9.56. The Balaban J connectivity index is 3.63. The van der Waals surface area contributed by atoms with Crippen molar-refractivity contribution >= 4 is 11.6 Å². The van der Waals surface area contributed by atoms with Crippen molar-refractivity contribution in [3.63, 3.8) is 0 Å². The molecule has 3 nitrogen and oxygen atoms in total. The average molecular weight is 171 g/mol. The molecule has 3 heteroatoms. The molecule has 0 bridgehead atoms. The van der Waals surface area contributed by atoms with E-state index in [9.17, 15) is 9.59 Å². The summed E-state index contributed by atoms with van der Waals surface area (Å²) in [5.41, 5.74) is 5.55. The topological polar surface area (TPSA) is 60.2 Å². The van der Waals surface area contributed by atoms with Crippen molar-refractivity contribution in [2.24, 2.45) is 5.73 Å². The SMILES string of the molecule is CCCC(=O)C(N)CCC(C)=O. The fourth-order valence-electron chi connectivity index (χ4n) is 0.952. The van der Waals surface area contributed by atoms with E-state index >= 15 is 0 Å². The van der Waals surface area contributed by atoms with Gasteiger partial charge >= 0.3 is 0 Å². The zero-order valence-corrected chi connectivity index (χ0v) is 7.80. The van der Waals surface area contributed by atoms with E-state index in [0.717, 1.165) is 6.42 Å². The summed E-state index contributed by atoms with van der Waals surface area (Å²) >= 11 is 0. The molecule has 1 unspecified atom stereocenters. The minimum absolute atomic E-state index is 0.0683. The van der Waals surface area contributed by atoms with Crippen molar-refractivity contribution in [3.05, 3.63) is 0 Å². The quantitative estimate of drug-likeness (QED) is 0.649. The van der Waals surface area contributed by atoms with Crippen molar-refractivity contribution in [2.75, 3.05) is 0 Å². The molecule has 0 aliphatic heterocycles. The Bertz CT molecular complexity index is 166. The van der Waals surface area contributed by atoms with Crippen LogP contribution in [-0.4, -0.2) is 17.6 Å². The molecule has 12 heavy (non-hydrogen) atoms. The Morgan fingerprint density at radius 3 is 2.33 bits per heavy atom. The van der Waals surface area contributed by atoms with Crippen molar-refractivity contribution in [3.8, 4) is 0 Å². The molecule has 0 aromatic heterocycles. The maximum atomic E-state index is 11.1. The average Bonchev–Trinajstić information content (AvgIpc) is 2.00. The highest BCUT2D eigenvalue weighted by Gasteiger charge is 2.12. The van der Waals surface area contributed by atoms with Gasteiger partial charge in [0.2, 0.25) is 0 Å². The number of rotatable bonds is 6. The van der Waals surface area contributed by atoms with Gasteiger partial charge in [-0.25, -0.2) is 0 Å². The largest absolute Gasteiger partial charge is 0.321 e. The van der Waals surface area contributed by atoms with Crippen LogP contribution in [0.1, 0.15) is 39.5 Å². The second kappa shape index (κ2) is 5.89. The normalized spacial score (nSPS) is 12.6. The Hall–Kier alpha value is -0.700. The molecule has 2 N–H and O–H groups in total. The molecule has 0 aromatic rings. The number of ketones is 2. The molecule has 1 atom stereocenters. The number of hydrogen-bond acceptors (Lipinski definition) is 3. The van der Waals surface area contributed by atoms with Crippen LogP contribution in [0.4, 0.5) is 0 Å². The molecule has 0 saturated carbocycles. The summed E-state index contributed by atoms with van der Waals surface area (Å²) in [6, 6.07) is -0.436. The lowest BCUT2D eigenvalue weighted by Gasteiger charge is -2.07. The van der Waals surface area contributed by atoms with E-state index in [2.05, 4.69) is 0 Å². The summed E-state index contributed by atoms with van der Waals surface area (Å²) in [4.78, 5) is 21.7. The molecular formula is C9H17NO2. The van der Waals surface area contributed by atoms with Gasteiger partial charge in [-0.15, -0.1) is 0 Å². The van der Waals surface area contributed by atoms with Crippen LogP contribution in [0.5, 0.6) is 0 Å². The fraction of sp³-hybridized carbons (Fsp3) is 0.778. The van der Waals surface area contributed by atoms with Crippen molar-refractivity contribution in [1.82, 2.24) is 0 Å². The molecular weight excluding hydrogens is 154 g/mol. The van der Waals surface area contributed by atoms with Crippen LogP contribution in [0.15, 0.2) is 0 Å². The van der Waals surface area contributed by atoms with Crippen LogP contribution < -0.4 is 5.73 Å². The van der Waals surface area contributed by atoms with Gasteiger partial charge in [-0.2, -0.15) is 0 Å². The molecule has 0 radical (unpaired) electrons. The van der Waals surface area contributed by atoms with Crippen molar-refractivity contribution < 1.29 is 9.59 Å². The fourth-order valence-corrected chi connectivity index (χ4v) is 0.952. The number of Topliss-reactive ketones (excluding diaryl/α,β-unsaturated/α-hetero) is 2. The summed E-state index contributed by atoms with van der Waals surface area (Å²) < 4.78 is 0. The predicted octanol–water partition coefficient (Wildman–Crippen LogP) is 1.05. The highest BCUT2D eigenvalue weighted by Crippen LogP contribution is 2.00. The second-order valence-corrected chi connectivity index (χ2v) is 3.06. The van der Waals surface area contributed by atoms with E-state index in [0.29, 0.717) is 19.3 Å². The predicted molar refractivity (Wildman–Crippen MR) is 47.8 cm³/mol. The molecule has 0 aliphatic rings. The molecule has 0 spiro atoms. The highest BCUT2D eigenvalue weighted by atomic mass is 16.1. The number of hydrogen-bond donors (Lipinski definition) is 1. The third-order valence-electron chi connectivity index (χ3n) is 1.72. The minimum atomic E-state index is -0.436. The lowest BCUT2D eigenvalue weighted by Crippen LogP contribution is -2.30. The third kappa shape index (κ3) is 5.02. The second-order valence-electron chi connectivity index (χ2n) is 3.06. The molecule has 0 fully saturated rings. The first-order chi connectivity index (χ1) is 5.57. The molecule has 0 aliphatic carbocycles. The third-order valence-corrected chi connectivity index (χ3v) is 1.72. The summed E-state index contributed by atoms with van der Waals surface area (Å²) in [6.45, 7) is 3.45. The summed E-state index contributed by atoms with van der Waals surface area (Å²) in [6.07, 6.45) is 2.26. The first-order valence-corrected chi connectivity index (χ1v) is 4.35. The van der Waals surface area contributed by atoms with Gasteiger partial charge in [-0.3, -0.25) is 4.79 Å². The summed E-state index contributed by atoms with van der Waals surface area (Å²) in [5, 5.41) is 0. The Kier molecular flexibility index (Phi) is 5.54. The van der Waals surface area contributed by atoms with Crippen LogP contribution >= 0.6 is 0 Å². The van der Waals surface area contributed by atoms with E-state index in [1.807, 2.05) is 6.92 Å². The van der Waals surface area contributed by atoms with E-state index in [4.69, 9.17) is 5.73 Å². The Labute approximate surface area is 73.3 Å². The number of carbonyl (C=O) groups is 2. The highest BCUT2D eigenvalue weighted by molar-refractivity contribution is 5.84. The monoisotopic (exact) mass is 171 g/mol. The van der Waals surface area contributed by atoms with Gasteiger partial charge in [-0.05, 0) is 19.8 Å². The Morgan fingerprint density at radius 2 is 1.92 bits per heavy atom. The number of carbonyl (C=O) groups excluding carboxylic acids is 2. The van der Waals surface area contributed by atoms with Gasteiger partial charge in [0.1, 0.15) is 11.6 Å². The number of nitrogens with two attached hydrogens (primary N) is 1. The Morgan fingerprint density at radius 1 is 1.33 bits per heavy atom. The van der Waals surface area contributed by atoms with E-state index < -0.39 is 6.04 Å². The lowest BCUT2D eigenvalue weighted by atomic mass is 10.0. The zero-order valence-electron chi connectivity index (χ0n) is 7.80. The van der Waals surface area contributed by atoms with Crippen LogP contribution in [0.25, 0.3) is 0 Å². The maximum absolute atomic E-state index is 11.1. The first kappa shape index (κ1) is 11.3. The van der Waals surface area contributed by atoms with Gasteiger partial charge in [0.25, 0.3) is 0 Å². The summed E-state index contributed by atoms with van der Waals surface area (Å²) in [7, 11) is 0. The van der Waals surface area contributed by atoms with Gasteiger partial charge in [0.05, 0.1) is 6.04 Å². The smallest absolute Gasteiger partial charge is 0.149 e. The molecule has 0 saturated heterocycles. The van der Waals surface area contributed by atoms with Gasteiger partial charge in [-0.1, -0.05) is 6.92 Å². The lowest BCUT2D eigenvalue weighted by molar-refractivity contribution is -0.120. The molecule has 0 amide bonds. The standard InChI is InChI=1S/C9H17NO2/c1-3-4-9(12)8(10)6-5-7(2)11/h8H,3-6,10H2,1-2H3. The van der Waals surface area contributed by atoms with Gasteiger partial charge in [0.15, 0.2) is 0 Å². The molecule has 0 heterocycles. The van der Waals surface area contributed by atoms with Crippen molar-refractivity contribution in [2.45, 2.75) is 45.6 Å². The first-order valence-electron chi connectivity index (χ1n) is 4.35. The van der Waals surface area contributed by atoms with E-state index in [-0.39, 0.29) is 11.6 Å². The minimum Gasteiger partial charge on any atom is -0.321 e. The molecule has 0 aromatic carbocycles. The van der Waals surface area contributed by atoms with E-state index in [1.165, 1.54) is 6.92 Å². The molecule has 70 valence electrons. The van der Waals surface area contributed by atoms with Crippen LogP contribution in [0, 0.1) is 0 Å². The van der Waals surface area contributed by atoms with Crippen molar-refractivity contribution in [1.29, 1.82) is 0 Å².